The molecule has 1 radical (unpaired) electrons. The van der Waals surface area contributed by atoms with Crippen LogP contribution in [0.1, 0.15) is 27.7 Å². The molecule has 0 N–H and O–H groups in total. The van der Waals surface area contributed by atoms with Gasteiger partial charge in [-0.2, -0.15) is 0 Å². The fourth-order valence-electron chi connectivity index (χ4n) is 1.76. The van der Waals surface area contributed by atoms with Gasteiger partial charge < -0.3 is 5.21 Å². The van der Waals surface area contributed by atoms with E-state index in [0.29, 0.717) is 0 Å². The van der Waals surface area contributed by atoms with Crippen molar-refractivity contribution in [2.24, 2.45) is 0 Å². The van der Waals surface area contributed by atoms with Crippen molar-refractivity contribution >= 4 is 5.96 Å². The van der Waals surface area contributed by atoms with Gasteiger partial charge in [0.15, 0.2) is 5.54 Å². The molecule has 0 saturated carbocycles. The minimum Gasteiger partial charge on any atom is -0.744 e. The van der Waals surface area contributed by atoms with Crippen LogP contribution < -0.4 is 0 Å². The molecular weight excluding hydrogens is 206 g/mol. The molecule has 0 aromatic carbocycles. The number of aromatic nitrogens is 1. The molecular formula is C11H16N3O2. The van der Waals surface area contributed by atoms with Crippen LogP contribution in [-0.2, 0) is 5.21 Å². The van der Waals surface area contributed by atoms with Crippen LogP contribution >= 0.6 is 0 Å². The van der Waals surface area contributed by atoms with Gasteiger partial charge in [-0.25, -0.2) is 4.57 Å². The summed E-state index contributed by atoms with van der Waals surface area (Å²) < 4.78 is 2.34. The lowest BCUT2D eigenvalue weighted by Gasteiger charge is -2.34. The molecule has 2 rings (SSSR count). The standard InChI is InChI=1S/C11H16N3O2/c1-10(2)11(3,4)14(16)9(13(10)15)12-7-5-6-8-12/h5-8H,1-4H3. The van der Waals surface area contributed by atoms with Crippen molar-refractivity contribution in [3.05, 3.63) is 29.7 Å². The zero-order valence-electron chi connectivity index (χ0n) is 9.97. The van der Waals surface area contributed by atoms with Gasteiger partial charge in [-0.1, -0.05) is 5.06 Å². The third kappa shape index (κ3) is 1.12. The summed E-state index contributed by atoms with van der Waals surface area (Å²) in [6.07, 6.45) is 3.39. The van der Waals surface area contributed by atoms with Crippen LogP contribution in [0.4, 0.5) is 0 Å². The van der Waals surface area contributed by atoms with E-state index in [1.165, 1.54) is 0 Å². The lowest BCUT2D eigenvalue weighted by atomic mass is 9.84. The molecule has 0 fully saturated rings. The fourth-order valence-corrected chi connectivity index (χ4v) is 1.76. The molecule has 16 heavy (non-hydrogen) atoms. The molecule has 5 heteroatoms. The highest BCUT2D eigenvalue weighted by Gasteiger charge is 2.58. The summed E-state index contributed by atoms with van der Waals surface area (Å²) in [5.74, 6) is 0.125. The van der Waals surface area contributed by atoms with Gasteiger partial charge in [-0.05, 0) is 45.0 Å². The lowest BCUT2D eigenvalue weighted by Crippen LogP contribution is -2.53. The maximum absolute atomic E-state index is 12.2. The van der Waals surface area contributed by atoms with Gasteiger partial charge >= 0.3 is 5.96 Å². The summed E-state index contributed by atoms with van der Waals surface area (Å²) in [6, 6.07) is 3.57. The molecule has 1 aromatic rings. The van der Waals surface area contributed by atoms with Crippen LogP contribution in [0.3, 0.4) is 0 Å². The third-order valence-electron chi connectivity index (χ3n) is 3.71. The van der Waals surface area contributed by atoms with Crippen LogP contribution in [0, 0.1) is 5.21 Å². The highest BCUT2D eigenvalue weighted by Crippen LogP contribution is 2.35. The van der Waals surface area contributed by atoms with Crippen LogP contribution in [0.5, 0.6) is 0 Å². The molecule has 5 nitrogen and oxygen atoms in total. The fraction of sp³-hybridized carbons (Fsp3) is 0.545. The smallest absolute Gasteiger partial charge is 0.392 e. The number of hydrogen-bond donors (Lipinski definition) is 0. The summed E-state index contributed by atoms with van der Waals surface area (Å²) in [5.41, 5.74) is -1.51. The molecule has 1 aliphatic heterocycles. The van der Waals surface area contributed by atoms with E-state index in [0.717, 1.165) is 9.80 Å². The van der Waals surface area contributed by atoms with E-state index < -0.39 is 11.1 Å². The number of hydroxylamine groups is 3. The minimum atomic E-state index is -0.756. The Morgan fingerprint density at radius 3 is 2.06 bits per heavy atom. The van der Waals surface area contributed by atoms with Crippen molar-refractivity contribution in [1.29, 1.82) is 0 Å². The summed E-state index contributed by atoms with van der Waals surface area (Å²) in [6.45, 7) is 7.12. The van der Waals surface area contributed by atoms with E-state index in [-0.39, 0.29) is 5.96 Å². The predicted octanol–water partition coefficient (Wildman–Crippen LogP) is 1.42. The first-order valence-corrected chi connectivity index (χ1v) is 5.25. The number of rotatable bonds is 0. The predicted molar refractivity (Wildman–Crippen MR) is 59.1 cm³/mol. The lowest BCUT2D eigenvalue weighted by molar-refractivity contribution is -0.541. The largest absolute Gasteiger partial charge is 0.744 e. The van der Waals surface area contributed by atoms with E-state index in [2.05, 4.69) is 0 Å². The maximum Gasteiger partial charge on any atom is 0.392 e. The van der Waals surface area contributed by atoms with Crippen molar-refractivity contribution in [1.82, 2.24) is 9.63 Å². The molecule has 2 heterocycles. The van der Waals surface area contributed by atoms with E-state index in [4.69, 9.17) is 0 Å². The van der Waals surface area contributed by atoms with E-state index in [9.17, 15) is 10.4 Å². The molecule has 1 aromatic heterocycles. The molecule has 0 bridgehead atoms. The molecule has 0 aliphatic carbocycles. The Bertz CT molecular complexity index is 432. The summed E-state index contributed by atoms with van der Waals surface area (Å²) in [4.78, 5) is 0. The summed E-state index contributed by atoms with van der Waals surface area (Å²) >= 11 is 0. The highest BCUT2D eigenvalue weighted by atomic mass is 16.5. The van der Waals surface area contributed by atoms with Gasteiger partial charge in [0.2, 0.25) is 0 Å². The first kappa shape index (κ1) is 11.0. The Labute approximate surface area is 94.8 Å². The summed E-state index contributed by atoms with van der Waals surface area (Å²) in [7, 11) is 0. The van der Waals surface area contributed by atoms with Crippen molar-refractivity contribution in [2.45, 2.75) is 38.8 Å². The van der Waals surface area contributed by atoms with Crippen molar-refractivity contribution in [3.8, 4) is 0 Å². The first-order chi connectivity index (χ1) is 7.30. The Balaban J connectivity index is 2.59. The van der Waals surface area contributed by atoms with Crippen molar-refractivity contribution in [3.63, 3.8) is 0 Å². The molecule has 0 unspecified atom stereocenters. The summed E-state index contributed by atoms with van der Waals surface area (Å²) in [5, 5.41) is 25.1. The van der Waals surface area contributed by atoms with Crippen molar-refractivity contribution < 1.29 is 9.95 Å². The van der Waals surface area contributed by atoms with Gasteiger partial charge in [0, 0.05) is 0 Å². The highest BCUT2D eigenvalue weighted by molar-refractivity contribution is 5.79. The molecule has 0 spiro atoms. The second kappa shape index (κ2) is 3.01. The Morgan fingerprint density at radius 1 is 1.19 bits per heavy atom. The Hall–Kier alpha value is -1.49. The second-order valence-electron chi connectivity index (χ2n) is 5.10. The van der Waals surface area contributed by atoms with Gasteiger partial charge in [0.05, 0.1) is 12.4 Å². The van der Waals surface area contributed by atoms with E-state index in [1.807, 2.05) is 0 Å². The first-order valence-electron chi connectivity index (χ1n) is 5.25. The quantitative estimate of drug-likeness (QED) is 0.492. The topological polar surface area (TPSA) is 54.1 Å². The second-order valence-corrected chi connectivity index (χ2v) is 5.10. The molecule has 1 aliphatic rings. The Morgan fingerprint density at radius 2 is 1.69 bits per heavy atom. The third-order valence-corrected chi connectivity index (χ3v) is 3.71. The van der Waals surface area contributed by atoms with Gasteiger partial charge in [-0.3, -0.25) is 4.74 Å². The number of hydrogen-bond acceptors (Lipinski definition) is 2. The average Bonchev–Trinajstić information content (AvgIpc) is 2.73. The Kier molecular flexibility index (Phi) is 2.07. The van der Waals surface area contributed by atoms with Crippen LogP contribution in [-0.4, -0.2) is 31.4 Å². The molecule has 0 saturated heterocycles. The molecule has 0 amide bonds. The van der Waals surface area contributed by atoms with E-state index in [1.54, 1.807) is 56.8 Å². The van der Waals surface area contributed by atoms with Crippen LogP contribution in [0.25, 0.3) is 0 Å². The van der Waals surface area contributed by atoms with Gasteiger partial charge in [0.25, 0.3) is 0 Å². The molecule has 87 valence electrons. The van der Waals surface area contributed by atoms with Crippen LogP contribution in [0.2, 0.25) is 0 Å². The zero-order chi connectivity index (χ0) is 12.1. The average molecular weight is 222 g/mol. The van der Waals surface area contributed by atoms with Crippen LogP contribution in [0.15, 0.2) is 24.5 Å². The zero-order valence-corrected chi connectivity index (χ0v) is 9.97. The van der Waals surface area contributed by atoms with Crippen molar-refractivity contribution in [2.75, 3.05) is 0 Å². The maximum atomic E-state index is 12.2. The van der Waals surface area contributed by atoms with Gasteiger partial charge in [0.1, 0.15) is 5.54 Å². The monoisotopic (exact) mass is 222 g/mol. The normalized spacial score (nSPS) is 22.9. The molecule has 0 atom stereocenters. The minimum absolute atomic E-state index is 0.125. The van der Waals surface area contributed by atoms with Gasteiger partial charge in [-0.15, -0.1) is 0 Å². The SMILES string of the molecule is CC1(C)N([O])C(n2cccc2)=[N+]([O-])C1(C)C. The number of nitrogens with zero attached hydrogens (tertiary/aromatic N) is 3. The van der Waals surface area contributed by atoms with E-state index >= 15 is 0 Å².